The number of nitrogens with one attached hydrogen (secondary N) is 1. The molecule has 3 heterocycles. The predicted molar refractivity (Wildman–Crippen MR) is 127 cm³/mol. The molecule has 1 saturated heterocycles. The van der Waals surface area contributed by atoms with Crippen LogP contribution in [0.1, 0.15) is 47.3 Å². The molecule has 7 heteroatoms. The van der Waals surface area contributed by atoms with E-state index in [2.05, 4.69) is 15.2 Å². The summed E-state index contributed by atoms with van der Waals surface area (Å²) in [6.07, 6.45) is 8.70. The lowest BCUT2D eigenvalue weighted by Gasteiger charge is -2.33. The number of hydrogen-bond acceptors (Lipinski definition) is 6. The van der Waals surface area contributed by atoms with E-state index >= 15 is 0 Å². The highest BCUT2D eigenvalue weighted by Crippen LogP contribution is 2.24. The molecule has 0 saturated carbocycles. The second-order valence-corrected chi connectivity index (χ2v) is 8.99. The molecule has 1 N–H and O–H groups in total. The average Bonchev–Trinajstić information content (AvgIpc) is 3.50. The Morgan fingerprint density at radius 2 is 2.16 bits per heavy atom. The molecule has 1 unspecified atom stereocenters. The van der Waals surface area contributed by atoms with Crippen LogP contribution in [0.2, 0.25) is 0 Å². The number of hydrogen-bond donors (Lipinski definition) is 1. The lowest BCUT2D eigenvalue weighted by Crippen LogP contribution is -2.40. The van der Waals surface area contributed by atoms with Gasteiger partial charge in [0.05, 0.1) is 23.0 Å². The van der Waals surface area contributed by atoms with Crippen LogP contribution in [0.4, 0.5) is 0 Å². The number of furan rings is 1. The number of amides is 1. The molecular weight excluding hydrogens is 422 g/mol. The zero-order valence-corrected chi connectivity index (χ0v) is 19.1. The summed E-state index contributed by atoms with van der Waals surface area (Å²) in [5.74, 6) is 1.53. The molecule has 168 valence electrons. The van der Waals surface area contributed by atoms with Gasteiger partial charge in [-0.25, -0.2) is 4.98 Å². The number of thiazole rings is 1. The van der Waals surface area contributed by atoms with E-state index in [1.807, 2.05) is 48.7 Å². The smallest absolute Gasteiger partial charge is 0.244 e. The van der Waals surface area contributed by atoms with E-state index in [-0.39, 0.29) is 11.9 Å². The molecule has 1 fully saturated rings. The first-order chi connectivity index (χ1) is 15.7. The first-order valence-electron chi connectivity index (χ1n) is 11.0. The fourth-order valence-corrected chi connectivity index (χ4v) is 4.49. The Morgan fingerprint density at radius 3 is 2.91 bits per heavy atom. The Labute approximate surface area is 192 Å². The second kappa shape index (κ2) is 11.1. The van der Waals surface area contributed by atoms with Crippen molar-refractivity contribution in [2.24, 2.45) is 0 Å². The number of likely N-dealkylation sites (tertiary alicyclic amines) is 1. The number of carbonyl (C=O) groups is 1. The third-order valence-electron chi connectivity index (χ3n) is 5.51. The fourth-order valence-electron chi connectivity index (χ4n) is 3.89. The Bertz CT molecular complexity index is 1020. The van der Waals surface area contributed by atoms with E-state index in [1.54, 1.807) is 29.8 Å². The Balaban J connectivity index is 1.31. The minimum Gasteiger partial charge on any atom is -0.487 e. The number of carbonyl (C=O) groups excluding carboxylic acids is 1. The summed E-state index contributed by atoms with van der Waals surface area (Å²) in [7, 11) is 0. The van der Waals surface area contributed by atoms with Gasteiger partial charge in [-0.3, -0.25) is 9.69 Å². The third-order valence-corrected chi connectivity index (χ3v) is 6.33. The molecule has 1 atom stereocenters. The molecule has 1 amide bonds. The molecule has 3 aromatic rings. The Kier molecular flexibility index (Phi) is 7.74. The Morgan fingerprint density at radius 1 is 1.28 bits per heavy atom. The highest BCUT2D eigenvalue weighted by atomic mass is 32.1. The maximum absolute atomic E-state index is 12.5. The van der Waals surface area contributed by atoms with Gasteiger partial charge in [0.1, 0.15) is 18.1 Å². The maximum atomic E-state index is 12.5. The highest BCUT2D eigenvalue weighted by Gasteiger charge is 2.24. The normalized spacial score (nSPS) is 15.7. The number of ether oxygens (including phenoxy) is 1. The molecule has 6 nitrogen and oxygen atoms in total. The molecule has 32 heavy (non-hydrogen) atoms. The van der Waals surface area contributed by atoms with Crippen molar-refractivity contribution < 1.29 is 13.9 Å². The quantitative estimate of drug-likeness (QED) is 0.465. The molecule has 2 aromatic heterocycles. The van der Waals surface area contributed by atoms with Crippen LogP contribution >= 0.6 is 11.3 Å². The maximum Gasteiger partial charge on any atom is 0.244 e. The van der Waals surface area contributed by atoms with Gasteiger partial charge in [0.25, 0.3) is 0 Å². The number of benzene rings is 1. The largest absolute Gasteiger partial charge is 0.487 e. The van der Waals surface area contributed by atoms with Gasteiger partial charge >= 0.3 is 0 Å². The van der Waals surface area contributed by atoms with Crippen LogP contribution in [0.15, 0.2) is 58.5 Å². The summed E-state index contributed by atoms with van der Waals surface area (Å²) < 4.78 is 11.5. The van der Waals surface area contributed by atoms with Crippen LogP contribution in [-0.2, 0) is 11.4 Å². The first kappa shape index (κ1) is 22.3. The summed E-state index contributed by atoms with van der Waals surface area (Å²) in [6.45, 7) is 5.00. The summed E-state index contributed by atoms with van der Waals surface area (Å²) in [5, 5.41) is 6.07. The summed E-state index contributed by atoms with van der Waals surface area (Å²) in [6, 6.07) is 11.6. The molecular formula is C25H29N3O3S. The van der Waals surface area contributed by atoms with Crippen LogP contribution in [0.3, 0.4) is 0 Å². The second-order valence-electron chi connectivity index (χ2n) is 7.93. The van der Waals surface area contributed by atoms with Crippen molar-refractivity contribution in [3.63, 3.8) is 0 Å². The lowest BCUT2D eigenvalue weighted by atomic mass is 10.1. The number of nitrogens with zero attached hydrogens (tertiary/aromatic N) is 2. The molecule has 0 radical (unpaired) electrons. The summed E-state index contributed by atoms with van der Waals surface area (Å²) in [4.78, 5) is 19.3. The van der Waals surface area contributed by atoms with Gasteiger partial charge < -0.3 is 14.5 Å². The van der Waals surface area contributed by atoms with Gasteiger partial charge in [-0.05, 0) is 68.8 Å². The minimum absolute atomic E-state index is 0.0636. The van der Waals surface area contributed by atoms with Gasteiger partial charge in [-0.2, -0.15) is 0 Å². The fraction of sp³-hybridized carbons (Fsp3) is 0.360. The number of rotatable bonds is 9. The molecule has 1 aliphatic rings. The van der Waals surface area contributed by atoms with Crippen molar-refractivity contribution in [3.05, 3.63) is 76.1 Å². The van der Waals surface area contributed by atoms with E-state index in [9.17, 15) is 4.79 Å². The third kappa shape index (κ3) is 6.31. The van der Waals surface area contributed by atoms with Crippen LogP contribution in [0, 0.1) is 6.92 Å². The first-order valence-corrected chi connectivity index (χ1v) is 11.9. The SMILES string of the molecule is Cc1nc(COc2cccc(/C=C/C(=O)NCC(c3ccco3)N3CCCCC3)c2)cs1. The number of aryl methyl sites for hydroxylation is 1. The van der Waals surface area contributed by atoms with Crippen molar-refractivity contribution in [2.45, 2.75) is 38.8 Å². The van der Waals surface area contributed by atoms with Gasteiger partial charge in [0.2, 0.25) is 5.91 Å². The molecule has 0 spiro atoms. The van der Waals surface area contributed by atoms with E-state index in [4.69, 9.17) is 9.15 Å². The van der Waals surface area contributed by atoms with Gasteiger partial charge in [-0.1, -0.05) is 18.6 Å². The van der Waals surface area contributed by atoms with E-state index in [1.165, 1.54) is 19.3 Å². The van der Waals surface area contributed by atoms with Crippen molar-refractivity contribution >= 4 is 23.3 Å². The molecule has 1 aliphatic heterocycles. The topological polar surface area (TPSA) is 67.6 Å². The summed E-state index contributed by atoms with van der Waals surface area (Å²) in [5.41, 5.74) is 1.83. The van der Waals surface area contributed by atoms with Crippen LogP contribution < -0.4 is 10.1 Å². The van der Waals surface area contributed by atoms with Crippen molar-refractivity contribution in [1.29, 1.82) is 0 Å². The molecule has 0 bridgehead atoms. The van der Waals surface area contributed by atoms with Gasteiger partial charge in [0.15, 0.2) is 0 Å². The van der Waals surface area contributed by atoms with Crippen molar-refractivity contribution in [3.8, 4) is 5.75 Å². The van der Waals surface area contributed by atoms with Crippen molar-refractivity contribution in [2.75, 3.05) is 19.6 Å². The number of piperidine rings is 1. The summed E-state index contributed by atoms with van der Waals surface area (Å²) >= 11 is 1.61. The predicted octanol–water partition coefficient (Wildman–Crippen LogP) is 4.98. The van der Waals surface area contributed by atoms with Crippen LogP contribution in [-0.4, -0.2) is 35.4 Å². The zero-order valence-electron chi connectivity index (χ0n) is 18.3. The van der Waals surface area contributed by atoms with E-state index < -0.39 is 0 Å². The zero-order chi connectivity index (χ0) is 22.2. The average molecular weight is 452 g/mol. The molecule has 1 aromatic carbocycles. The monoisotopic (exact) mass is 451 g/mol. The van der Waals surface area contributed by atoms with Crippen LogP contribution in [0.5, 0.6) is 5.75 Å². The van der Waals surface area contributed by atoms with Gasteiger partial charge in [0, 0.05) is 18.0 Å². The van der Waals surface area contributed by atoms with Gasteiger partial charge in [-0.15, -0.1) is 11.3 Å². The Hall–Kier alpha value is -2.90. The van der Waals surface area contributed by atoms with Crippen LogP contribution in [0.25, 0.3) is 6.08 Å². The lowest BCUT2D eigenvalue weighted by molar-refractivity contribution is -0.116. The van der Waals surface area contributed by atoms with E-state index in [0.717, 1.165) is 40.9 Å². The van der Waals surface area contributed by atoms with E-state index in [0.29, 0.717) is 13.2 Å². The standard InChI is InChI=1S/C25H29N3O3S/c1-19-27-21(18-32-19)17-31-22-8-5-7-20(15-22)10-11-25(29)26-16-23(24-9-6-14-30-24)28-12-3-2-4-13-28/h5-11,14-15,18,23H,2-4,12-13,16-17H2,1H3,(H,26,29)/b11-10+. The number of aromatic nitrogens is 1. The molecule has 0 aliphatic carbocycles. The van der Waals surface area contributed by atoms with Crippen molar-refractivity contribution in [1.82, 2.24) is 15.2 Å². The molecule has 4 rings (SSSR count). The highest BCUT2D eigenvalue weighted by molar-refractivity contribution is 7.09. The minimum atomic E-state index is -0.122.